The van der Waals surface area contributed by atoms with Crippen molar-refractivity contribution < 1.29 is 4.39 Å². The molecule has 19 heavy (non-hydrogen) atoms. The number of nitrogens with zero attached hydrogens (tertiary/aromatic N) is 2. The van der Waals surface area contributed by atoms with Gasteiger partial charge in [0.05, 0.1) is 6.54 Å². The molecular formula is C13H14FN3O2. The van der Waals surface area contributed by atoms with E-state index in [2.05, 4.69) is 0 Å². The number of halogens is 1. The summed E-state index contributed by atoms with van der Waals surface area (Å²) in [5, 5.41) is 0. The summed E-state index contributed by atoms with van der Waals surface area (Å²) in [5.41, 5.74) is 4.72. The molecule has 6 heteroatoms. The number of aryl methyl sites for hydroxylation is 1. The molecule has 0 saturated carbocycles. The van der Waals surface area contributed by atoms with Gasteiger partial charge >= 0.3 is 5.69 Å². The zero-order valence-corrected chi connectivity index (χ0v) is 10.5. The number of rotatable bonds is 3. The first-order chi connectivity index (χ1) is 9.04. The molecule has 0 radical (unpaired) electrons. The van der Waals surface area contributed by atoms with Gasteiger partial charge in [0.25, 0.3) is 5.56 Å². The molecule has 2 rings (SSSR count). The maximum Gasteiger partial charge on any atom is 0.331 e. The van der Waals surface area contributed by atoms with Crippen molar-refractivity contribution >= 4 is 5.69 Å². The molecule has 0 aliphatic heterocycles. The first-order valence-corrected chi connectivity index (χ1v) is 5.87. The molecule has 0 saturated heterocycles. The molecule has 2 N–H and O–H groups in total. The van der Waals surface area contributed by atoms with Crippen LogP contribution in [-0.2, 0) is 13.1 Å². The monoisotopic (exact) mass is 263 g/mol. The van der Waals surface area contributed by atoms with Crippen LogP contribution in [0.3, 0.4) is 0 Å². The second-order valence-corrected chi connectivity index (χ2v) is 4.14. The Hall–Kier alpha value is -2.37. The van der Waals surface area contributed by atoms with Gasteiger partial charge in [-0.1, -0.05) is 18.2 Å². The van der Waals surface area contributed by atoms with Crippen molar-refractivity contribution in [1.29, 1.82) is 0 Å². The van der Waals surface area contributed by atoms with Gasteiger partial charge in [-0.3, -0.25) is 13.9 Å². The summed E-state index contributed by atoms with van der Waals surface area (Å²) < 4.78 is 15.8. The third-order valence-electron chi connectivity index (χ3n) is 2.89. The molecule has 0 unspecified atom stereocenters. The summed E-state index contributed by atoms with van der Waals surface area (Å²) in [6.07, 6.45) is 1.31. The van der Waals surface area contributed by atoms with Crippen molar-refractivity contribution in [2.24, 2.45) is 0 Å². The SMILES string of the molecule is CCn1cc(N)c(=O)n(Cc2ccccc2F)c1=O. The Morgan fingerprint density at radius 1 is 1.26 bits per heavy atom. The van der Waals surface area contributed by atoms with Gasteiger partial charge < -0.3 is 5.73 Å². The van der Waals surface area contributed by atoms with E-state index < -0.39 is 17.1 Å². The Balaban J connectivity index is 2.58. The predicted molar refractivity (Wildman–Crippen MR) is 70.6 cm³/mol. The summed E-state index contributed by atoms with van der Waals surface area (Å²) in [6.45, 7) is 2.02. The van der Waals surface area contributed by atoms with E-state index in [4.69, 9.17) is 5.73 Å². The number of benzene rings is 1. The van der Waals surface area contributed by atoms with E-state index in [1.54, 1.807) is 19.1 Å². The molecule has 1 heterocycles. The third kappa shape index (κ3) is 2.42. The fourth-order valence-electron chi connectivity index (χ4n) is 1.84. The Kier molecular flexibility index (Phi) is 3.50. The predicted octanol–water partition coefficient (Wildman–Crippen LogP) is 0.799. The summed E-state index contributed by atoms with van der Waals surface area (Å²) >= 11 is 0. The van der Waals surface area contributed by atoms with E-state index in [0.29, 0.717) is 6.54 Å². The first kappa shape index (κ1) is 13.1. The van der Waals surface area contributed by atoms with Crippen LogP contribution in [-0.4, -0.2) is 9.13 Å². The van der Waals surface area contributed by atoms with Crippen LogP contribution in [0.2, 0.25) is 0 Å². The van der Waals surface area contributed by atoms with Crippen LogP contribution in [0.25, 0.3) is 0 Å². The zero-order chi connectivity index (χ0) is 14.0. The largest absolute Gasteiger partial charge is 0.393 e. The number of nitrogens with two attached hydrogens (primary N) is 1. The molecule has 0 atom stereocenters. The van der Waals surface area contributed by atoms with Crippen molar-refractivity contribution in [3.63, 3.8) is 0 Å². The van der Waals surface area contributed by atoms with Crippen molar-refractivity contribution in [3.8, 4) is 0 Å². The minimum atomic E-state index is -0.599. The molecule has 1 aromatic heterocycles. The van der Waals surface area contributed by atoms with E-state index in [1.807, 2.05) is 0 Å². The highest BCUT2D eigenvalue weighted by molar-refractivity contribution is 5.31. The number of hydrogen-bond donors (Lipinski definition) is 1. The summed E-state index contributed by atoms with van der Waals surface area (Å²) in [5.74, 6) is -0.459. The molecule has 2 aromatic rings. The Morgan fingerprint density at radius 3 is 2.58 bits per heavy atom. The second-order valence-electron chi connectivity index (χ2n) is 4.14. The van der Waals surface area contributed by atoms with Crippen molar-refractivity contribution in [2.75, 3.05) is 5.73 Å². The summed E-state index contributed by atoms with van der Waals surface area (Å²) in [6, 6.07) is 6.01. The molecule has 0 spiro atoms. The average molecular weight is 263 g/mol. The minimum Gasteiger partial charge on any atom is -0.393 e. The highest BCUT2D eigenvalue weighted by Crippen LogP contribution is 2.06. The number of aromatic nitrogens is 2. The van der Waals surface area contributed by atoms with Gasteiger partial charge in [0, 0.05) is 18.3 Å². The molecule has 0 fully saturated rings. The maximum atomic E-state index is 13.6. The molecule has 0 amide bonds. The lowest BCUT2D eigenvalue weighted by molar-refractivity contribution is 0.567. The lowest BCUT2D eigenvalue weighted by Gasteiger charge is -2.10. The second kappa shape index (κ2) is 5.09. The molecule has 0 aliphatic carbocycles. The van der Waals surface area contributed by atoms with Gasteiger partial charge in [0.1, 0.15) is 11.5 Å². The van der Waals surface area contributed by atoms with Crippen LogP contribution in [0, 0.1) is 5.82 Å². The quantitative estimate of drug-likeness (QED) is 0.890. The van der Waals surface area contributed by atoms with E-state index in [9.17, 15) is 14.0 Å². The van der Waals surface area contributed by atoms with E-state index >= 15 is 0 Å². The lowest BCUT2D eigenvalue weighted by atomic mass is 10.2. The maximum absolute atomic E-state index is 13.6. The van der Waals surface area contributed by atoms with Crippen LogP contribution in [0.15, 0.2) is 40.1 Å². The van der Waals surface area contributed by atoms with E-state index in [0.717, 1.165) is 4.57 Å². The molecule has 0 bridgehead atoms. The topological polar surface area (TPSA) is 70.0 Å². The average Bonchev–Trinajstić information content (AvgIpc) is 2.41. The van der Waals surface area contributed by atoms with Crippen LogP contribution in [0.4, 0.5) is 10.1 Å². The fraction of sp³-hybridized carbons (Fsp3) is 0.231. The highest BCUT2D eigenvalue weighted by Gasteiger charge is 2.10. The van der Waals surface area contributed by atoms with Crippen molar-refractivity contribution in [3.05, 3.63) is 62.7 Å². The number of nitrogen functional groups attached to an aromatic ring is 1. The summed E-state index contributed by atoms with van der Waals surface area (Å²) in [4.78, 5) is 23.9. The van der Waals surface area contributed by atoms with Crippen LogP contribution < -0.4 is 17.0 Å². The van der Waals surface area contributed by atoms with Gasteiger partial charge in [0.15, 0.2) is 0 Å². The van der Waals surface area contributed by atoms with Crippen molar-refractivity contribution in [2.45, 2.75) is 20.0 Å². The lowest BCUT2D eigenvalue weighted by Crippen LogP contribution is -2.40. The Morgan fingerprint density at radius 2 is 1.95 bits per heavy atom. The van der Waals surface area contributed by atoms with Gasteiger partial charge in [-0.25, -0.2) is 9.18 Å². The van der Waals surface area contributed by atoms with E-state index in [1.165, 1.54) is 22.9 Å². The minimum absolute atomic E-state index is 0.0298. The van der Waals surface area contributed by atoms with Crippen LogP contribution >= 0.6 is 0 Å². The highest BCUT2D eigenvalue weighted by atomic mass is 19.1. The fourth-order valence-corrected chi connectivity index (χ4v) is 1.84. The molecule has 5 nitrogen and oxygen atoms in total. The van der Waals surface area contributed by atoms with Gasteiger partial charge in [0.2, 0.25) is 0 Å². The van der Waals surface area contributed by atoms with Crippen molar-refractivity contribution in [1.82, 2.24) is 9.13 Å². The normalized spacial score (nSPS) is 10.6. The van der Waals surface area contributed by atoms with Crippen LogP contribution in [0.1, 0.15) is 12.5 Å². The van der Waals surface area contributed by atoms with E-state index in [-0.39, 0.29) is 17.8 Å². The molecule has 1 aromatic carbocycles. The Bertz CT molecular complexity index is 719. The number of anilines is 1. The van der Waals surface area contributed by atoms with Crippen LogP contribution in [0.5, 0.6) is 0 Å². The standard InChI is InChI=1S/C13H14FN3O2/c1-2-16-8-11(15)12(18)17(13(16)19)7-9-5-3-4-6-10(9)14/h3-6,8H,2,7,15H2,1H3. The molecule has 0 aliphatic rings. The third-order valence-corrected chi connectivity index (χ3v) is 2.89. The van der Waals surface area contributed by atoms with Gasteiger partial charge in [-0.15, -0.1) is 0 Å². The zero-order valence-electron chi connectivity index (χ0n) is 10.5. The Labute approximate surface area is 108 Å². The first-order valence-electron chi connectivity index (χ1n) is 5.87. The summed E-state index contributed by atoms with van der Waals surface area (Å²) in [7, 11) is 0. The van der Waals surface area contributed by atoms with Gasteiger partial charge in [-0.2, -0.15) is 0 Å². The van der Waals surface area contributed by atoms with Gasteiger partial charge in [-0.05, 0) is 13.0 Å². The smallest absolute Gasteiger partial charge is 0.331 e. The molecule has 100 valence electrons. The number of hydrogen-bond acceptors (Lipinski definition) is 3. The molecular weight excluding hydrogens is 249 g/mol.